The summed E-state index contributed by atoms with van der Waals surface area (Å²) in [7, 11) is 0. The zero-order valence-corrected chi connectivity index (χ0v) is 11.7. The number of nitrogens with zero attached hydrogens (tertiary/aromatic N) is 1. The quantitative estimate of drug-likeness (QED) is 0.864. The summed E-state index contributed by atoms with van der Waals surface area (Å²) in [5.74, 6) is -0.0726. The number of carbonyl (C=O) groups is 1. The number of carbonyl (C=O) groups excluding carboxylic acids is 1. The fourth-order valence-corrected chi connectivity index (χ4v) is 3.21. The summed E-state index contributed by atoms with van der Waals surface area (Å²) in [4.78, 5) is 13.9. The normalized spacial score (nSPS) is 25.9. The molecule has 1 N–H and O–H groups in total. The molecule has 2 rings (SSSR count). The van der Waals surface area contributed by atoms with Crippen LogP contribution in [0.25, 0.3) is 0 Å². The molecule has 1 amide bonds. The molecule has 1 saturated heterocycles. The summed E-state index contributed by atoms with van der Waals surface area (Å²) in [5.41, 5.74) is 0. The SMILES string of the molecule is O=C(NC1CCCCC1)[C@H]1CCCN1CCC(F)(F)F. The van der Waals surface area contributed by atoms with Crippen molar-refractivity contribution in [2.75, 3.05) is 13.1 Å². The van der Waals surface area contributed by atoms with E-state index in [0.717, 1.165) is 32.1 Å². The van der Waals surface area contributed by atoms with Gasteiger partial charge in [0, 0.05) is 12.6 Å². The van der Waals surface area contributed by atoms with E-state index in [1.54, 1.807) is 4.90 Å². The van der Waals surface area contributed by atoms with E-state index >= 15 is 0 Å². The first kappa shape index (κ1) is 15.6. The average Bonchev–Trinajstić information content (AvgIpc) is 2.85. The third kappa shape index (κ3) is 4.65. The lowest BCUT2D eigenvalue weighted by Crippen LogP contribution is -2.48. The molecule has 1 aliphatic heterocycles. The third-order valence-electron chi connectivity index (χ3n) is 4.30. The molecule has 1 heterocycles. The molecule has 0 bridgehead atoms. The minimum atomic E-state index is -4.15. The Bertz CT molecular complexity index is 327. The van der Waals surface area contributed by atoms with E-state index in [1.165, 1.54) is 6.42 Å². The third-order valence-corrected chi connectivity index (χ3v) is 4.30. The number of amides is 1. The molecule has 3 nitrogen and oxygen atoms in total. The Balaban J connectivity index is 1.81. The van der Waals surface area contributed by atoms with Crippen LogP contribution in [-0.4, -0.2) is 42.2 Å². The molecule has 2 aliphatic rings. The summed E-state index contributed by atoms with van der Waals surface area (Å²) >= 11 is 0. The lowest BCUT2D eigenvalue weighted by Gasteiger charge is -2.28. The highest BCUT2D eigenvalue weighted by Crippen LogP contribution is 2.24. The zero-order valence-electron chi connectivity index (χ0n) is 11.7. The Morgan fingerprint density at radius 2 is 1.80 bits per heavy atom. The van der Waals surface area contributed by atoms with Gasteiger partial charge in [0.1, 0.15) is 0 Å². The van der Waals surface area contributed by atoms with Gasteiger partial charge in [0.05, 0.1) is 12.5 Å². The van der Waals surface area contributed by atoms with Crippen LogP contribution < -0.4 is 5.32 Å². The van der Waals surface area contributed by atoms with Crippen LogP contribution in [0.4, 0.5) is 13.2 Å². The van der Waals surface area contributed by atoms with Crippen molar-refractivity contribution in [3.05, 3.63) is 0 Å². The van der Waals surface area contributed by atoms with Gasteiger partial charge in [0.25, 0.3) is 0 Å². The standard InChI is InChI=1S/C14H23F3N2O/c15-14(16,17)8-10-19-9-4-7-12(19)13(20)18-11-5-2-1-3-6-11/h11-12H,1-10H2,(H,18,20)/t12-/m1/s1. The van der Waals surface area contributed by atoms with Crippen molar-refractivity contribution < 1.29 is 18.0 Å². The molecule has 0 spiro atoms. The smallest absolute Gasteiger partial charge is 0.352 e. The molecule has 20 heavy (non-hydrogen) atoms. The second-order valence-electron chi connectivity index (χ2n) is 5.90. The van der Waals surface area contributed by atoms with Crippen molar-refractivity contribution in [2.24, 2.45) is 0 Å². The molecule has 0 aromatic carbocycles. The summed E-state index contributed by atoms with van der Waals surface area (Å²) in [6.07, 6.45) is 1.99. The van der Waals surface area contributed by atoms with Crippen molar-refractivity contribution >= 4 is 5.91 Å². The van der Waals surface area contributed by atoms with Gasteiger partial charge in [-0.3, -0.25) is 9.69 Å². The fraction of sp³-hybridized carbons (Fsp3) is 0.929. The highest BCUT2D eigenvalue weighted by molar-refractivity contribution is 5.82. The van der Waals surface area contributed by atoms with Crippen molar-refractivity contribution in [3.8, 4) is 0 Å². The van der Waals surface area contributed by atoms with E-state index in [-0.39, 0.29) is 24.5 Å². The van der Waals surface area contributed by atoms with E-state index in [4.69, 9.17) is 0 Å². The molecule has 6 heteroatoms. The Morgan fingerprint density at radius 3 is 2.45 bits per heavy atom. The van der Waals surface area contributed by atoms with Gasteiger partial charge in [0.15, 0.2) is 0 Å². The number of nitrogens with one attached hydrogen (secondary N) is 1. The molecule has 0 unspecified atom stereocenters. The molecule has 1 saturated carbocycles. The monoisotopic (exact) mass is 292 g/mol. The van der Waals surface area contributed by atoms with Crippen molar-refractivity contribution in [1.29, 1.82) is 0 Å². The van der Waals surface area contributed by atoms with E-state index < -0.39 is 12.6 Å². The Morgan fingerprint density at radius 1 is 1.10 bits per heavy atom. The number of hydrogen-bond donors (Lipinski definition) is 1. The number of alkyl halides is 3. The minimum absolute atomic E-state index is 0.0632. The molecule has 2 fully saturated rings. The Labute approximate surface area is 117 Å². The highest BCUT2D eigenvalue weighted by atomic mass is 19.4. The van der Waals surface area contributed by atoms with E-state index in [1.807, 2.05) is 0 Å². The topological polar surface area (TPSA) is 32.3 Å². The predicted octanol–water partition coefficient (Wildman–Crippen LogP) is 2.85. The van der Waals surface area contributed by atoms with E-state index in [9.17, 15) is 18.0 Å². The Kier molecular flexibility index (Phi) is 5.29. The van der Waals surface area contributed by atoms with Crippen LogP contribution in [0.5, 0.6) is 0 Å². The van der Waals surface area contributed by atoms with Crippen LogP contribution in [-0.2, 0) is 4.79 Å². The molecule has 0 radical (unpaired) electrons. The van der Waals surface area contributed by atoms with Gasteiger partial charge < -0.3 is 5.32 Å². The van der Waals surface area contributed by atoms with E-state index in [0.29, 0.717) is 13.0 Å². The van der Waals surface area contributed by atoms with Crippen LogP contribution in [0.15, 0.2) is 0 Å². The maximum Gasteiger partial charge on any atom is 0.390 e. The second-order valence-corrected chi connectivity index (χ2v) is 5.90. The molecule has 0 aromatic heterocycles. The molecular formula is C14H23F3N2O. The average molecular weight is 292 g/mol. The van der Waals surface area contributed by atoms with Gasteiger partial charge in [-0.2, -0.15) is 13.2 Å². The van der Waals surface area contributed by atoms with Gasteiger partial charge in [-0.05, 0) is 32.2 Å². The van der Waals surface area contributed by atoms with Gasteiger partial charge in [-0.25, -0.2) is 0 Å². The number of hydrogen-bond acceptors (Lipinski definition) is 2. The minimum Gasteiger partial charge on any atom is -0.352 e. The largest absolute Gasteiger partial charge is 0.390 e. The number of rotatable bonds is 4. The van der Waals surface area contributed by atoms with Gasteiger partial charge in [-0.1, -0.05) is 19.3 Å². The second kappa shape index (κ2) is 6.78. The van der Waals surface area contributed by atoms with Crippen LogP contribution in [0.1, 0.15) is 51.4 Å². The van der Waals surface area contributed by atoms with Crippen LogP contribution >= 0.6 is 0 Å². The summed E-state index contributed by atoms with van der Waals surface area (Å²) in [5, 5.41) is 3.03. The fourth-order valence-electron chi connectivity index (χ4n) is 3.21. The van der Waals surface area contributed by atoms with Crippen molar-refractivity contribution in [2.45, 2.75) is 69.6 Å². The first-order chi connectivity index (χ1) is 9.46. The van der Waals surface area contributed by atoms with Gasteiger partial charge in [0.2, 0.25) is 5.91 Å². The van der Waals surface area contributed by atoms with Crippen LogP contribution in [0.2, 0.25) is 0 Å². The first-order valence-corrected chi connectivity index (χ1v) is 7.57. The maximum absolute atomic E-state index is 12.3. The molecule has 1 atom stereocenters. The predicted molar refractivity (Wildman–Crippen MR) is 70.3 cm³/mol. The van der Waals surface area contributed by atoms with E-state index in [2.05, 4.69) is 5.32 Å². The lowest BCUT2D eigenvalue weighted by atomic mass is 9.95. The molecule has 116 valence electrons. The number of likely N-dealkylation sites (tertiary alicyclic amines) is 1. The molecule has 0 aromatic rings. The molecular weight excluding hydrogens is 269 g/mol. The molecule has 1 aliphatic carbocycles. The lowest BCUT2D eigenvalue weighted by molar-refractivity contribution is -0.141. The zero-order chi connectivity index (χ0) is 14.6. The first-order valence-electron chi connectivity index (χ1n) is 7.57. The summed E-state index contributed by atoms with van der Waals surface area (Å²) in [6, 6.07) is -0.138. The van der Waals surface area contributed by atoms with Gasteiger partial charge in [-0.15, -0.1) is 0 Å². The number of halogens is 3. The van der Waals surface area contributed by atoms with Crippen molar-refractivity contribution in [1.82, 2.24) is 10.2 Å². The summed E-state index contributed by atoms with van der Waals surface area (Å²) in [6.45, 7) is 0.533. The van der Waals surface area contributed by atoms with Crippen molar-refractivity contribution in [3.63, 3.8) is 0 Å². The van der Waals surface area contributed by atoms with Gasteiger partial charge >= 0.3 is 6.18 Å². The van der Waals surface area contributed by atoms with Crippen LogP contribution in [0.3, 0.4) is 0 Å². The Hall–Kier alpha value is -0.780. The summed E-state index contributed by atoms with van der Waals surface area (Å²) < 4.78 is 36.8. The highest BCUT2D eigenvalue weighted by Gasteiger charge is 2.35. The maximum atomic E-state index is 12.3. The van der Waals surface area contributed by atoms with Crippen LogP contribution in [0, 0.1) is 0 Å².